The number of hydrogen-bond acceptors (Lipinski definition) is 4. The first kappa shape index (κ1) is 20.4. The van der Waals surface area contributed by atoms with E-state index < -0.39 is 17.6 Å². The molecule has 2 fully saturated rings. The molecule has 2 saturated heterocycles. The molecule has 0 aromatic heterocycles. The molecule has 0 bridgehead atoms. The summed E-state index contributed by atoms with van der Waals surface area (Å²) in [4.78, 5) is 27.2. The summed E-state index contributed by atoms with van der Waals surface area (Å²) in [5, 5.41) is 2.51. The van der Waals surface area contributed by atoms with E-state index in [1.54, 1.807) is 6.07 Å². The van der Waals surface area contributed by atoms with Crippen LogP contribution in [0, 0.1) is 0 Å². The molecular weight excluding hydrogens is 375 g/mol. The third-order valence-corrected chi connectivity index (χ3v) is 5.01. The first-order valence-electron chi connectivity index (χ1n) is 9.42. The Morgan fingerprint density at radius 3 is 2.57 bits per heavy atom. The van der Waals surface area contributed by atoms with Crippen LogP contribution in [0.2, 0.25) is 0 Å². The van der Waals surface area contributed by atoms with Crippen molar-refractivity contribution in [1.29, 1.82) is 0 Å². The third-order valence-electron chi connectivity index (χ3n) is 5.01. The Bertz CT molecular complexity index is 718. The van der Waals surface area contributed by atoms with E-state index in [2.05, 4.69) is 5.32 Å². The monoisotopic (exact) mass is 399 g/mol. The molecule has 0 aliphatic carbocycles. The van der Waals surface area contributed by atoms with E-state index in [9.17, 15) is 22.8 Å². The first-order chi connectivity index (χ1) is 13.3. The van der Waals surface area contributed by atoms with Crippen LogP contribution in [0.1, 0.15) is 30.4 Å². The van der Waals surface area contributed by atoms with Gasteiger partial charge in [0.15, 0.2) is 0 Å². The summed E-state index contributed by atoms with van der Waals surface area (Å²) < 4.78 is 45.8. The molecule has 2 amide bonds. The van der Waals surface area contributed by atoms with Crippen LogP contribution < -0.4 is 10.2 Å². The lowest BCUT2D eigenvalue weighted by Gasteiger charge is -2.30. The molecule has 6 nitrogen and oxygen atoms in total. The van der Waals surface area contributed by atoms with Gasteiger partial charge in [-0.05, 0) is 30.5 Å². The highest BCUT2D eigenvalue weighted by Gasteiger charge is 2.34. The Balaban J connectivity index is 1.66. The fourth-order valence-corrected chi connectivity index (χ4v) is 3.45. The Morgan fingerprint density at radius 1 is 1.14 bits per heavy atom. The quantitative estimate of drug-likeness (QED) is 0.825. The number of benzene rings is 1. The van der Waals surface area contributed by atoms with Gasteiger partial charge >= 0.3 is 6.18 Å². The number of rotatable bonds is 5. The molecule has 2 heterocycles. The lowest BCUT2D eigenvalue weighted by molar-refractivity contribution is -0.138. The lowest BCUT2D eigenvalue weighted by Crippen LogP contribution is -2.42. The summed E-state index contributed by atoms with van der Waals surface area (Å²) >= 11 is 0. The Kier molecular flexibility index (Phi) is 6.43. The predicted octanol–water partition coefficient (Wildman–Crippen LogP) is 2.17. The number of nitrogens with one attached hydrogen (secondary N) is 1. The SMILES string of the molecule is O=C(CN1CCCCC1=O)NCc1ccc(N2CCOCC2)cc1C(F)(F)F. The molecule has 0 atom stereocenters. The third kappa shape index (κ3) is 5.15. The predicted molar refractivity (Wildman–Crippen MR) is 96.8 cm³/mol. The summed E-state index contributed by atoms with van der Waals surface area (Å²) in [5.41, 5.74) is -0.265. The summed E-state index contributed by atoms with van der Waals surface area (Å²) in [5.74, 6) is -0.548. The van der Waals surface area contributed by atoms with Gasteiger partial charge in [0.2, 0.25) is 11.8 Å². The molecule has 28 heavy (non-hydrogen) atoms. The van der Waals surface area contributed by atoms with Gasteiger partial charge in [-0.1, -0.05) is 6.07 Å². The van der Waals surface area contributed by atoms with Gasteiger partial charge in [-0.15, -0.1) is 0 Å². The van der Waals surface area contributed by atoms with Crippen LogP contribution in [0.4, 0.5) is 18.9 Å². The van der Waals surface area contributed by atoms with E-state index in [1.807, 2.05) is 4.90 Å². The normalized spacial score (nSPS) is 18.3. The van der Waals surface area contributed by atoms with Crippen molar-refractivity contribution in [3.05, 3.63) is 29.3 Å². The second-order valence-electron chi connectivity index (χ2n) is 6.99. The molecule has 1 N–H and O–H groups in total. The molecule has 0 radical (unpaired) electrons. The van der Waals surface area contributed by atoms with Gasteiger partial charge in [0.1, 0.15) is 0 Å². The maximum Gasteiger partial charge on any atom is 0.416 e. The van der Waals surface area contributed by atoms with Gasteiger partial charge in [-0.25, -0.2) is 0 Å². The highest BCUT2D eigenvalue weighted by molar-refractivity contribution is 5.85. The van der Waals surface area contributed by atoms with Crippen molar-refractivity contribution >= 4 is 17.5 Å². The van der Waals surface area contributed by atoms with Crippen LogP contribution in [0.5, 0.6) is 0 Å². The van der Waals surface area contributed by atoms with Crippen molar-refractivity contribution in [2.75, 3.05) is 44.3 Å². The van der Waals surface area contributed by atoms with Gasteiger partial charge < -0.3 is 19.9 Å². The molecule has 0 saturated carbocycles. The van der Waals surface area contributed by atoms with Crippen molar-refractivity contribution < 1.29 is 27.5 Å². The van der Waals surface area contributed by atoms with Gasteiger partial charge in [-0.2, -0.15) is 13.2 Å². The largest absolute Gasteiger partial charge is 0.416 e. The van der Waals surface area contributed by atoms with Crippen LogP contribution in [-0.4, -0.2) is 56.1 Å². The maximum atomic E-state index is 13.5. The molecule has 0 spiro atoms. The number of piperidine rings is 1. The minimum absolute atomic E-state index is 0.00262. The number of nitrogens with zero attached hydrogens (tertiary/aromatic N) is 2. The van der Waals surface area contributed by atoms with Crippen LogP contribution in [0.25, 0.3) is 0 Å². The van der Waals surface area contributed by atoms with E-state index >= 15 is 0 Å². The molecule has 9 heteroatoms. The van der Waals surface area contributed by atoms with E-state index in [1.165, 1.54) is 11.0 Å². The second kappa shape index (κ2) is 8.81. The standard InChI is InChI=1S/C19H24F3N3O3/c20-19(21,22)16-11-15(24-7-9-28-10-8-24)5-4-14(16)12-23-17(26)13-25-6-2-1-3-18(25)27/h4-5,11H,1-3,6-10,12-13H2,(H,23,26). The number of ether oxygens (including phenoxy) is 1. The van der Waals surface area contributed by atoms with Gasteiger partial charge in [0.25, 0.3) is 0 Å². The fourth-order valence-electron chi connectivity index (χ4n) is 3.45. The molecule has 2 aliphatic rings. The topological polar surface area (TPSA) is 61.9 Å². The van der Waals surface area contributed by atoms with Crippen molar-refractivity contribution in [2.45, 2.75) is 32.0 Å². The number of likely N-dealkylation sites (tertiary alicyclic amines) is 1. The zero-order valence-electron chi connectivity index (χ0n) is 15.6. The number of halogens is 3. The minimum atomic E-state index is -4.52. The van der Waals surface area contributed by atoms with Crippen molar-refractivity contribution in [3.63, 3.8) is 0 Å². The summed E-state index contributed by atoms with van der Waals surface area (Å²) in [6, 6.07) is 4.16. The Hall–Kier alpha value is -2.29. The zero-order valence-corrected chi connectivity index (χ0v) is 15.6. The van der Waals surface area contributed by atoms with E-state index in [-0.39, 0.29) is 24.6 Å². The van der Waals surface area contributed by atoms with E-state index in [0.717, 1.165) is 18.9 Å². The van der Waals surface area contributed by atoms with Crippen LogP contribution in [-0.2, 0) is 27.0 Å². The maximum absolute atomic E-state index is 13.5. The van der Waals surface area contributed by atoms with Gasteiger partial charge in [0, 0.05) is 38.3 Å². The minimum Gasteiger partial charge on any atom is -0.378 e. The number of carbonyl (C=O) groups excluding carboxylic acids is 2. The van der Waals surface area contributed by atoms with E-state index in [0.29, 0.717) is 45.0 Å². The highest BCUT2D eigenvalue weighted by atomic mass is 19.4. The molecule has 154 valence electrons. The Morgan fingerprint density at radius 2 is 1.89 bits per heavy atom. The van der Waals surface area contributed by atoms with Crippen LogP contribution >= 0.6 is 0 Å². The molecule has 1 aromatic rings. The number of amides is 2. The van der Waals surface area contributed by atoms with Gasteiger partial charge in [-0.3, -0.25) is 9.59 Å². The van der Waals surface area contributed by atoms with Crippen molar-refractivity contribution in [3.8, 4) is 0 Å². The summed E-state index contributed by atoms with van der Waals surface area (Å²) in [6.07, 6.45) is -2.47. The Labute approximate surface area is 161 Å². The number of morpholine rings is 1. The smallest absolute Gasteiger partial charge is 0.378 e. The second-order valence-corrected chi connectivity index (χ2v) is 6.99. The van der Waals surface area contributed by atoms with E-state index in [4.69, 9.17) is 4.74 Å². The number of anilines is 1. The van der Waals surface area contributed by atoms with Crippen LogP contribution in [0.15, 0.2) is 18.2 Å². The summed E-state index contributed by atoms with van der Waals surface area (Å²) in [7, 11) is 0. The first-order valence-corrected chi connectivity index (χ1v) is 9.42. The zero-order chi connectivity index (χ0) is 20.1. The fraction of sp³-hybridized carbons (Fsp3) is 0.579. The van der Waals surface area contributed by atoms with Crippen molar-refractivity contribution in [1.82, 2.24) is 10.2 Å². The highest BCUT2D eigenvalue weighted by Crippen LogP contribution is 2.35. The number of hydrogen-bond donors (Lipinski definition) is 1. The molecule has 3 rings (SSSR count). The van der Waals surface area contributed by atoms with Gasteiger partial charge in [0.05, 0.1) is 25.3 Å². The summed E-state index contributed by atoms with van der Waals surface area (Å²) in [6.45, 7) is 2.19. The molecule has 1 aromatic carbocycles. The van der Waals surface area contributed by atoms with Crippen molar-refractivity contribution in [2.24, 2.45) is 0 Å². The van der Waals surface area contributed by atoms with Crippen LogP contribution in [0.3, 0.4) is 0 Å². The molecule has 0 unspecified atom stereocenters. The average molecular weight is 399 g/mol. The molecule has 2 aliphatic heterocycles. The molecular formula is C19H24F3N3O3. The number of alkyl halides is 3. The average Bonchev–Trinajstić information content (AvgIpc) is 2.68. The lowest BCUT2D eigenvalue weighted by atomic mass is 10.0. The number of carbonyl (C=O) groups is 2.